The first-order chi connectivity index (χ1) is 9.16. The monoisotopic (exact) mass is 275 g/mol. The van der Waals surface area contributed by atoms with E-state index in [0.29, 0.717) is 29.4 Å². The van der Waals surface area contributed by atoms with E-state index in [9.17, 15) is 0 Å². The van der Waals surface area contributed by atoms with Crippen molar-refractivity contribution < 1.29 is 4.74 Å². The van der Waals surface area contributed by atoms with Crippen LogP contribution in [0.25, 0.3) is 0 Å². The number of nitrogens with one attached hydrogen (secondary N) is 1. The second kappa shape index (κ2) is 6.20. The lowest BCUT2D eigenvalue weighted by molar-refractivity contribution is 0.320. The molecule has 0 amide bonds. The number of halogens is 1. The number of hydrogen-bond donors (Lipinski definition) is 2. The SMILES string of the molecule is N=C(N)c1ccc(OCCc2ccccn2)c(Cl)c1. The number of amidine groups is 1. The Hall–Kier alpha value is -2.07. The molecule has 1 heterocycles. The van der Waals surface area contributed by atoms with Gasteiger partial charge in [0, 0.05) is 23.9 Å². The third kappa shape index (κ3) is 3.69. The van der Waals surface area contributed by atoms with Crippen LogP contribution in [0.15, 0.2) is 42.6 Å². The van der Waals surface area contributed by atoms with Crippen LogP contribution in [-0.4, -0.2) is 17.4 Å². The Morgan fingerprint density at radius 3 is 2.79 bits per heavy atom. The van der Waals surface area contributed by atoms with Gasteiger partial charge in [-0.05, 0) is 30.3 Å². The normalized spacial score (nSPS) is 10.2. The summed E-state index contributed by atoms with van der Waals surface area (Å²) in [6.45, 7) is 0.496. The maximum absolute atomic E-state index is 7.32. The van der Waals surface area contributed by atoms with Crippen LogP contribution in [0.3, 0.4) is 0 Å². The van der Waals surface area contributed by atoms with Crippen molar-refractivity contribution in [3.63, 3.8) is 0 Å². The molecular formula is C14H14ClN3O. The number of benzene rings is 1. The van der Waals surface area contributed by atoms with Crippen LogP contribution in [0.1, 0.15) is 11.3 Å². The van der Waals surface area contributed by atoms with E-state index < -0.39 is 0 Å². The minimum Gasteiger partial charge on any atom is -0.492 e. The second-order valence-corrected chi connectivity index (χ2v) is 4.39. The van der Waals surface area contributed by atoms with Crippen molar-refractivity contribution in [2.24, 2.45) is 5.73 Å². The summed E-state index contributed by atoms with van der Waals surface area (Å²) >= 11 is 6.06. The Bertz CT molecular complexity index is 572. The molecule has 2 rings (SSSR count). The Kier molecular flexibility index (Phi) is 4.36. The molecule has 0 spiro atoms. The molecule has 0 aliphatic carbocycles. The van der Waals surface area contributed by atoms with Crippen molar-refractivity contribution in [3.05, 3.63) is 58.9 Å². The lowest BCUT2D eigenvalue weighted by atomic mass is 10.2. The highest BCUT2D eigenvalue weighted by molar-refractivity contribution is 6.32. The van der Waals surface area contributed by atoms with Crippen molar-refractivity contribution in [1.29, 1.82) is 5.41 Å². The first-order valence-corrected chi connectivity index (χ1v) is 6.21. The highest BCUT2D eigenvalue weighted by atomic mass is 35.5. The highest BCUT2D eigenvalue weighted by Crippen LogP contribution is 2.25. The van der Waals surface area contributed by atoms with E-state index in [2.05, 4.69) is 4.98 Å². The maximum atomic E-state index is 7.32. The van der Waals surface area contributed by atoms with E-state index in [0.717, 1.165) is 5.69 Å². The fraction of sp³-hybridized carbons (Fsp3) is 0.143. The van der Waals surface area contributed by atoms with Gasteiger partial charge in [0.25, 0.3) is 0 Å². The Morgan fingerprint density at radius 2 is 2.16 bits per heavy atom. The van der Waals surface area contributed by atoms with Gasteiger partial charge in [-0.25, -0.2) is 0 Å². The average molecular weight is 276 g/mol. The average Bonchev–Trinajstić information content (AvgIpc) is 2.41. The molecule has 0 aliphatic heterocycles. The molecule has 0 radical (unpaired) electrons. The first-order valence-electron chi connectivity index (χ1n) is 5.83. The zero-order valence-corrected chi connectivity index (χ0v) is 11.0. The van der Waals surface area contributed by atoms with Gasteiger partial charge in [0.05, 0.1) is 11.6 Å². The molecule has 2 aromatic rings. The summed E-state index contributed by atoms with van der Waals surface area (Å²) in [6, 6.07) is 10.8. The van der Waals surface area contributed by atoms with Crippen LogP contribution < -0.4 is 10.5 Å². The van der Waals surface area contributed by atoms with Gasteiger partial charge in [0.1, 0.15) is 11.6 Å². The van der Waals surface area contributed by atoms with Crippen molar-refractivity contribution in [3.8, 4) is 5.75 Å². The van der Waals surface area contributed by atoms with E-state index >= 15 is 0 Å². The Morgan fingerprint density at radius 1 is 1.32 bits per heavy atom. The number of nitrogens with zero attached hydrogens (tertiary/aromatic N) is 1. The van der Waals surface area contributed by atoms with Crippen molar-refractivity contribution in [2.45, 2.75) is 6.42 Å². The van der Waals surface area contributed by atoms with Crippen molar-refractivity contribution in [1.82, 2.24) is 4.98 Å². The van der Waals surface area contributed by atoms with Crippen LogP contribution in [0.2, 0.25) is 5.02 Å². The molecule has 0 aliphatic rings. The molecule has 0 bridgehead atoms. The molecule has 5 heteroatoms. The largest absolute Gasteiger partial charge is 0.492 e. The standard InChI is InChI=1S/C14H14ClN3O/c15-12-9-10(14(16)17)4-5-13(12)19-8-6-11-3-1-2-7-18-11/h1-5,7,9H,6,8H2,(H3,16,17). The van der Waals surface area contributed by atoms with Gasteiger partial charge in [0.15, 0.2) is 0 Å². The summed E-state index contributed by atoms with van der Waals surface area (Å²) in [6.07, 6.45) is 2.47. The first kappa shape index (κ1) is 13.4. The fourth-order valence-corrected chi connectivity index (χ4v) is 1.83. The van der Waals surface area contributed by atoms with Crippen LogP contribution in [0.4, 0.5) is 0 Å². The summed E-state index contributed by atoms with van der Waals surface area (Å²) < 4.78 is 5.59. The third-order valence-corrected chi connectivity index (χ3v) is 2.88. The van der Waals surface area contributed by atoms with Crippen molar-refractivity contribution in [2.75, 3.05) is 6.61 Å². The minimum atomic E-state index is -0.0121. The number of aromatic nitrogens is 1. The predicted molar refractivity (Wildman–Crippen MR) is 75.9 cm³/mol. The number of pyridine rings is 1. The van der Waals surface area contributed by atoms with Crippen LogP contribution in [0.5, 0.6) is 5.75 Å². The summed E-state index contributed by atoms with van der Waals surface area (Å²) in [5.74, 6) is 0.574. The summed E-state index contributed by atoms with van der Waals surface area (Å²) in [5.41, 5.74) is 6.94. The number of nitrogen functional groups attached to an aromatic ring is 1. The van der Waals surface area contributed by atoms with Gasteiger partial charge in [-0.2, -0.15) is 0 Å². The third-order valence-electron chi connectivity index (χ3n) is 2.58. The molecule has 0 atom stereocenters. The number of nitrogens with two attached hydrogens (primary N) is 1. The van der Waals surface area contributed by atoms with E-state index in [1.54, 1.807) is 24.4 Å². The van der Waals surface area contributed by atoms with Gasteiger partial charge in [-0.1, -0.05) is 17.7 Å². The topological polar surface area (TPSA) is 72.0 Å². The predicted octanol–water partition coefficient (Wildman–Crippen LogP) is 2.64. The molecule has 3 N–H and O–H groups in total. The van der Waals surface area contributed by atoms with Crippen LogP contribution in [0, 0.1) is 5.41 Å². The van der Waals surface area contributed by atoms with Crippen molar-refractivity contribution >= 4 is 17.4 Å². The molecule has 0 unspecified atom stereocenters. The fourth-order valence-electron chi connectivity index (χ4n) is 1.60. The summed E-state index contributed by atoms with van der Waals surface area (Å²) in [7, 11) is 0. The zero-order chi connectivity index (χ0) is 13.7. The van der Waals surface area contributed by atoms with Gasteiger partial charge < -0.3 is 10.5 Å². The Labute approximate surface area is 116 Å². The zero-order valence-electron chi connectivity index (χ0n) is 10.3. The van der Waals surface area contributed by atoms with Crippen LogP contribution >= 0.6 is 11.6 Å². The molecular weight excluding hydrogens is 262 g/mol. The Balaban J connectivity index is 1.95. The number of rotatable bonds is 5. The molecule has 1 aromatic carbocycles. The van der Waals surface area contributed by atoms with Gasteiger partial charge >= 0.3 is 0 Å². The van der Waals surface area contributed by atoms with E-state index in [-0.39, 0.29) is 5.84 Å². The minimum absolute atomic E-state index is 0.0121. The smallest absolute Gasteiger partial charge is 0.137 e. The molecule has 0 saturated heterocycles. The number of hydrogen-bond acceptors (Lipinski definition) is 3. The molecule has 0 fully saturated rings. The van der Waals surface area contributed by atoms with E-state index in [1.165, 1.54) is 0 Å². The molecule has 1 aromatic heterocycles. The lowest BCUT2D eigenvalue weighted by Crippen LogP contribution is -2.11. The van der Waals surface area contributed by atoms with Crippen LogP contribution in [-0.2, 0) is 6.42 Å². The highest BCUT2D eigenvalue weighted by Gasteiger charge is 2.05. The van der Waals surface area contributed by atoms with Gasteiger partial charge in [-0.15, -0.1) is 0 Å². The molecule has 98 valence electrons. The molecule has 4 nitrogen and oxygen atoms in total. The summed E-state index contributed by atoms with van der Waals surface area (Å²) in [4.78, 5) is 4.21. The van der Waals surface area contributed by atoms with E-state index in [1.807, 2.05) is 18.2 Å². The second-order valence-electron chi connectivity index (χ2n) is 3.98. The maximum Gasteiger partial charge on any atom is 0.137 e. The molecule has 19 heavy (non-hydrogen) atoms. The lowest BCUT2D eigenvalue weighted by Gasteiger charge is -2.09. The number of ether oxygens (including phenoxy) is 1. The van der Waals surface area contributed by atoms with Gasteiger partial charge in [-0.3, -0.25) is 10.4 Å². The summed E-state index contributed by atoms with van der Waals surface area (Å²) in [5, 5.41) is 7.78. The quantitative estimate of drug-likeness (QED) is 0.651. The van der Waals surface area contributed by atoms with Gasteiger partial charge in [0.2, 0.25) is 0 Å². The van der Waals surface area contributed by atoms with E-state index in [4.69, 9.17) is 27.5 Å². The molecule has 0 saturated carbocycles.